The van der Waals surface area contributed by atoms with Crippen molar-refractivity contribution in [2.75, 3.05) is 9.80 Å². The summed E-state index contributed by atoms with van der Waals surface area (Å²) in [5, 5.41) is 0. The van der Waals surface area contributed by atoms with Crippen LogP contribution in [0.25, 0.3) is 0 Å². The number of benzene rings is 2. The van der Waals surface area contributed by atoms with Crippen LogP contribution in [0.5, 0.6) is 0 Å². The molecule has 0 spiro atoms. The minimum atomic E-state index is -2.16. The second kappa shape index (κ2) is 7.68. The summed E-state index contributed by atoms with van der Waals surface area (Å²) in [6.45, 7) is 2.15. The molecule has 168 valence electrons. The Kier molecular flexibility index (Phi) is 4.15. The second-order valence-electron chi connectivity index (χ2n) is 10.5. The van der Waals surface area contributed by atoms with Crippen LogP contribution in [0.1, 0.15) is 86.8 Å². The lowest BCUT2D eigenvalue weighted by Gasteiger charge is -2.46. The molecule has 2 aromatic carbocycles. The molecule has 2 heteroatoms. The molecule has 4 aliphatic rings. The van der Waals surface area contributed by atoms with Crippen LogP contribution in [-0.2, 0) is 5.41 Å². The molecule has 0 amide bonds. The van der Waals surface area contributed by atoms with E-state index in [9.17, 15) is 0 Å². The molecule has 2 nitrogen and oxygen atoms in total. The molecule has 2 unspecified atom stereocenters. The summed E-state index contributed by atoms with van der Waals surface area (Å²) < 4.78 is 26.3. The third-order valence-corrected chi connectivity index (χ3v) is 9.06. The Labute approximate surface area is 198 Å². The van der Waals surface area contributed by atoms with Gasteiger partial charge < -0.3 is 9.80 Å². The third kappa shape index (κ3) is 2.65. The molecular weight excluding hydrogens is 388 g/mol. The average Bonchev–Trinajstić information content (AvgIpc) is 3.55. The van der Waals surface area contributed by atoms with Crippen molar-refractivity contribution in [3.05, 3.63) is 71.1 Å². The highest BCUT2D eigenvalue weighted by atomic mass is 15.4. The number of nitrogens with zero attached hydrogens (tertiary/aromatic N) is 2. The van der Waals surface area contributed by atoms with Gasteiger partial charge in [0, 0.05) is 26.6 Å². The summed E-state index contributed by atoms with van der Waals surface area (Å²) >= 11 is 0. The van der Waals surface area contributed by atoms with Crippen molar-refractivity contribution >= 4 is 11.4 Å². The van der Waals surface area contributed by atoms with E-state index in [1.165, 1.54) is 69.0 Å². The third-order valence-electron chi connectivity index (χ3n) is 9.06. The quantitative estimate of drug-likeness (QED) is 0.489. The second-order valence-corrected chi connectivity index (χ2v) is 10.5. The van der Waals surface area contributed by atoms with Gasteiger partial charge in [0.2, 0.25) is 0 Å². The van der Waals surface area contributed by atoms with Crippen LogP contribution >= 0.6 is 0 Å². The van der Waals surface area contributed by atoms with Crippen LogP contribution in [-0.4, -0.2) is 6.17 Å². The average molecular weight is 430 g/mol. The van der Waals surface area contributed by atoms with Crippen molar-refractivity contribution in [1.82, 2.24) is 0 Å². The normalized spacial score (nSPS) is 30.3. The zero-order valence-electron chi connectivity index (χ0n) is 22.6. The lowest BCUT2D eigenvalue weighted by molar-refractivity contribution is 0.167. The van der Waals surface area contributed by atoms with E-state index in [1.54, 1.807) is 0 Å². The molecule has 2 aromatic rings. The van der Waals surface area contributed by atoms with Crippen LogP contribution in [0.2, 0.25) is 0 Å². The summed E-state index contributed by atoms with van der Waals surface area (Å²) in [5.74, 6) is 1.15. The summed E-state index contributed by atoms with van der Waals surface area (Å²) in [5.41, 5.74) is 7.06. The Morgan fingerprint density at radius 2 is 1.34 bits per heavy atom. The first-order chi connectivity index (χ1) is 16.9. The van der Waals surface area contributed by atoms with Gasteiger partial charge in [0.15, 0.2) is 0 Å². The fraction of sp³-hybridized carbons (Fsp3) is 0.533. The lowest BCUT2D eigenvalue weighted by atomic mass is 9.57. The van der Waals surface area contributed by atoms with E-state index in [4.69, 9.17) is 4.11 Å². The predicted octanol–water partition coefficient (Wildman–Crippen LogP) is 7.92. The van der Waals surface area contributed by atoms with Crippen molar-refractivity contribution in [1.29, 1.82) is 0 Å². The molecule has 2 aliphatic heterocycles. The van der Waals surface area contributed by atoms with Gasteiger partial charge in [0.25, 0.3) is 0 Å². The van der Waals surface area contributed by atoms with Crippen LogP contribution in [0.15, 0.2) is 59.9 Å². The predicted molar refractivity (Wildman–Crippen MR) is 135 cm³/mol. The Bertz CT molecular complexity index is 1140. The maximum absolute atomic E-state index is 8.77. The molecule has 0 radical (unpaired) electrons. The highest BCUT2D eigenvalue weighted by Crippen LogP contribution is 2.65. The van der Waals surface area contributed by atoms with Gasteiger partial charge in [0.1, 0.15) is 6.17 Å². The van der Waals surface area contributed by atoms with Crippen molar-refractivity contribution in [2.24, 2.45) is 11.8 Å². The first-order valence-corrected chi connectivity index (χ1v) is 12.8. The first kappa shape index (κ1) is 17.3. The van der Waals surface area contributed by atoms with Crippen LogP contribution in [0, 0.1) is 18.8 Å². The number of fused-ring (bicyclic) bond motifs is 3. The molecule has 0 N–H and O–H groups in total. The molecule has 0 saturated heterocycles. The first-order valence-electron chi connectivity index (χ1n) is 14.3. The van der Waals surface area contributed by atoms with Gasteiger partial charge in [0.05, 0.1) is 5.70 Å². The van der Waals surface area contributed by atoms with E-state index in [-0.39, 0.29) is 5.41 Å². The highest BCUT2D eigenvalue weighted by Gasteiger charge is 2.60. The molecular formula is C30H38N2. The van der Waals surface area contributed by atoms with Crippen LogP contribution < -0.4 is 9.80 Å². The standard InChI is InChI=1S/C30H38N2/c1-21-13-7-11-19-27(21)31-22(2)29-30(25-16-8-9-17-25,24-14-5-4-6-15-24)26-18-10-12-20-28(26)32(29)23(31)3/h7,10-13,18-20,23-25H,4-6,8-9,14-17H2,1-3H3/i3D3. The van der Waals surface area contributed by atoms with Gasteiger partial charge in [-0.3, -0.25) is 0 Å². The number of aryl methyl sites for hydroxylation is 1. The van der Waals surface area contributed by atoms with E-state index < -0.39 is 13.0 Å². The summed E-state index contributed by atoms with van der Waals surface area (Å²) in [6, 6.07) is 17.1. The fourth-order valence-corrected chi connectivity index (χ4v) is 7.87. The van der Waals surface area contributed by atoms with E-state index in [1.807, 2.05) is 12.1 Å². The van der Waals surface area contributed by atoms with E-state index in [0.717, 1.165) is 22.6 Å². The van der Waals surface area contributed by atoms with Gasteiger partial charge in [-0.1, -0.05) is 68.5 Å². The summed E-state index contributed by atoms with van der Waals surface area (Å²) in [4.78, 5) is 4.44. The summed E-state index contributed by atoms with van der Waals surface area (Å²) in [7, 11) is 0. The molecule has 2 saturated carbocycles. The summed E-state index contributed by atoms with van der Waals surface area (Å²) in [6.07, 6.45) is 10.8. The molecule has 0 bridgehead atoms. The monoisotopic (exact) mass is 429 g/mol. The topological polar surface area (TPSA) is 6.48 Å². The SMILES string of the molecule is [2H]C([2H])([2H])C1N(c2ccccc2C)C(C)=C2N1c1ccccc1C2(C1CCCCC1)C1CCCC1. The number of anilines is 2. The number of rotatable bonds is 3. The number of para-hydroxylation sites is 2. The van der Waals surface area contributed by atoms with E-state index in [0.29, 0.717) is 11.8 Å². The Morgan fingerprint density at radius 1 is 0.750 bits per heavy atom. The van der Waals surface area contributed by atoms with E-state index >= 15 is 0 Å². The van der Waals surface area contributed by atoms with Gasteiger partial charge in [-0.25, -0.2) is 0 Å². The maximum atomic E-state index is 8.77. The zero-order chi connectivity index (χ0) is 24.4. The Balaban J connectivity index is 1.66. The molecule has 2 atom stereocenters. The fourth-order valence-electron chi connectivity index (χ4n) is 7.87. The maximum Gasteiger partial charge on any atom is 0.108 e. The molecule has 32 heavy (non-hydrogen) atoms. The number of allylic oxidation sites excluding steroid dienone is 2. The van der Waals surface area contributed by atoms with Crippen molar-refractivity contribution in [3.8, 4) is 0 Å². The molecule has 0 aromatic heterocycles. The van der Waals surface area contributed by atoms with Gasteiger partial charge in [-0.05, 0) is 81.5 Å². The molecule has 2 fully saturated rings. The van der Waals surface area contributed by atoms with Crippen LogP contribution in [0.3, 0.4) is 0 Å². The Morgan fingerprint density at radius 3 is 2.00 bits per heavy atom. The molecule has 6 rings (SSSR count). The van der Waals surface area contributed by atoms with Gasteiger partial charge in [-0.15, -0.1) is 0 Å². The Hall–Kier alpha value is -2.22. The van der Waals surface area contributed by atoms with Crippen molar-refractivity contribution in [3.63, 3.8) is 0 Å². The van der Waals surface area contributed by atoms with Gasteiger partial charge in [-0.2, -0.15) is 0 Å². The van der Waals surface area contributed by atoms with E-state index in [2.05, 4.69) is 60.0 Å². The van der Waals surface area contributed by atoms with Gasteiger partial charge >= 0.3 is 0 Å². The van der Waals surface area contributed by atoms with Crippen LogP contribution in [0.4, 0.5) is 11.4 Å². The molecule has 2 aliphatic carbocycles. The minimum Gasteiger partial charge on any atom is -0.322 e. The highest BCUT2D eigenvalue weighted by molar-refractivity contribution is 5.79. The van der Waals surface area contributed by atoms with Crippen molar-refractivity contribution in [2.45, 2.75) is 90.1 Å². The van der Waals surface area contributed by atoms with Crippen molar-refractivity contribution < 1.29 is 4.11 Å². The largest absolute Gasteiger partial charge is 0.322 e. The smallest absolute Gasteiger partial charge is 0.108 e. The molecule has 2 heterocycles. The minimum absolute atomic E-state index is 0.0848. The zero-order valence-corrected chi connectivity index (χ0v) is 19.6. The number of hydrogen-bond donors (Lipinski definition) is 0. The number of hydrogen-bond acceptors (Lipinski definition) is 2. The lowest BCUT2D eigenvalue weighted by Crippen LogP contribution is -2.44.